The molecule has 0 fully saturated rings. The van der Waals surface area contributed by atoms with Gasteiger partial charge in [-0.25, -0.2) is 4.39 Å². The number of aryl methyl sites for hydroxylation is 2. The molecule has 102 valence electrons. The van der Waals surface area contributed by atoms with Gasteiger partial charge in [0.15, 0.2) is 0 Å². The summed E-state index contributed by atoms with van der Waals surface area (Å²) in [7, 11) is 1.80. The van der Waals surface area contributed by atoms with Gasteiger partial charge in [0.25, 0.3) is 0 Å². The Bertz CT molecular complexity index is 601. The Balaban J connectivity index is 2.16. The molecule has 0 unspecified atom stereocenters. The van der Waals surface area contributed by atoms with E-state index < -0.39 is 0 Å². The normalized spacial score (nSPS) is 10.8. The van der Waals surface area contributed by atoms with Crippen LogP contribution in [-0.2, 0) is 19.0 Å². The Morgan fingerprint density at radius 1 is 1.42 bits per heavy atom. The zero-order chi connectivity index (χ0) is 14.0. The fourth-order valence-electron chi connectivity index (χ4n) is 1.77. The molecule has 1 aromatic carbocycles. The Labute approximate surface area is 124 Å². The predicted molar refractivity (Wildman–Crippen MR) is 76.3 cm³/mol. The summed E-state index contributed by atoms with van der Waals surface area (Å²) in [6.07, 6.45) is 0. The van der Waals surface area contributed by atoms with Crippen LogP contribution in [-0.4, -0.2) is 9.78 Å². The molecule has 0 atom stereocenters. The van der Waals surface area contributed by atoms with Gasteiger partial charge in [0.2, 0.25) is 0 Å². The van der Waals surface area contributed by atoms with Crippen molar-refractivity contribution in [3.63, 3.8) is 0 Å². The van der Waals surface area contributed by atoms with E-state index in [1.807, 2.05) is 6.92 Å². The topological polar surface area (TPSA) is 27.1 Å². The lowest BCUT2D eigenvalue weighted by Gasteiger charge is -2.08. The average molecular weight is 348 g/mol. The van der Waals surface area contributed by atoms with Crippen LogP contribution in [0.15, 0.2) is 18.2 Å². The summed E-state index contributed by atoms with van der Waals surface area (Å²) in [5.41, 5.74) is 2.34. The molecule has 0 saturated carbocycles. The molecule has 2 aromatic rings. The lowest BCUT2D eigenvalue weighted by molar-refractivity contribution is 0.293. The average Bonchev–Trinajstić information content (AvgIpc) is 2.60. The molecule has 19 heavy (non-hydrogen) atoms. The van der Waals surface area contributed by atoms with E-state index in [4.69, 9.17) is 16.3 Å². The van der Waals surface area contributed by atoms with Crippen molar-refractivity contribution in [3.05, 3.63) is 46.0 Å². The summed E-state index contributed by atoms with van der Waals surface area (Å²) in [5.74, 6) is 0.156. The van der Waals surface area contributed by atoms with E-state index in [0.29, 0.717) is 16.1 Å². The summed E-state index contributed by atoms with van der Waals surface area (Å²) in [6, 6.07) is 4.60. The molecular formula is C13H13BrClFN2O. The number of rotatable bonds is 4. The van der Waals surface area contributed by atoms with Gasteiger partial charge in [-0.15, -0.1) is 0 Å². The second kappa shape index (κ2) is 5.92. The second-order valence-electron chi connectivity index (χ2n) is 4.19. The Hall–Kier alpha value is -1.07. The van der Waals surface area contributed by atoms with Crippen molar-refractivity contribution >= 4 is 27.5 Å². The minimum absolute atomic E-state index is 0.251. The first-order chi connectivity index (χ1) is 9.01. The van der Waals surface area contributed by atoms with Crippen molar-refractivity contribution in [1.82, 2.24) is 9.78 Å². The van der Waals surface area contributed by atoms with Gasteiger partial charge in [0.1, 0.15) is 18.2 Å². The quantitative estimate of drug-likeness (QED) is 0.782. The molecule has 0 radical (unpaired) electrons. The fourth-order valence-corrected chi connectivity index (χ4v) is 2.31. The van der Waals surface area contributed by atoms with Gasteiger partial charge >= 0.3 is 0 Å². The molecule has 0 N–H and O–H groups in total. The van der Waals surface area contributed by atoms with Crippen LogP contribution in [0.25, 0.3) is 0 Å². The lowest BCUT2D eigenvalue weighted by Crippen LogP contribution is -2.04. The number of halogens is 3. The van der Waals surface area contributed by atoms with Gasteiger partial charge in [0, 0.05) is 18.4 Å². The number of nitrogens with zero attached hydrogens (tertiary/aromatic N) is 2. The van der Waals surface area contributed by atoms with E-state index in [9.17, 15) is 4.39 Å². The van der Waals surface area contributed by atoms with E-state index in [2.05, 4.69) is 21.0 Å². The molecule has 0 aliphatic rings. The highest BCUT2D eigenvalue weighted by Crippen LogP contribution is 2.23. The molecule has 6 heteroatoms. The number of hydrogen-bond acceptors (Lipinski definition) is 2. The molecule has 1 aromatic heterocycles. The van der Waals surface area contributed by atoms with Crippen LogP contribution in [0.3, 0.4) is 0 Å². The second-order valence-corrected chi connectivity index (χ2v) is 5.13. The number of aromatic nitrogens is 2. The monoisotopic (exact) mass is 346 g/mol. The summed E-state index contributed by atoms with van der Waals surface area (Å²) in [5, 5.41) is 5.36. The van der Waals surface area contributed by atoms with Crippen molar-refractivity contribution < 1.29 is 9.13 Å². The Morgan fingerprint density at radius 3 is 2.74 bits per heavy atom. The third-order valence-corrected chi connectivity index (χ3v) is 3.86. The van der Waals surface area contributed by atoms with Gasteiger partial charge < -0.3 is 4.74 Å². The first-order valence-corrected chi connectivity index (χ1v) is 7.17. The van der Waals surface area contributed by atoms with Crippen LogP contribution in [0.2, 0.25) is 5.02 Å². The van der Waals surface area contributed by atoms with Crippen LogP contribution >= 0.6 is 27.5 Å². The summed E-state index contributed by atoms with van der Waals surface area (Å²) < 4.78 is 20.6. The summed E-state index contributed by atoms with van der Waals surface area (Å²) >= 11 is 9.42. The molecule has 0 aliphatic carbocycles. The van der Waals surface area contributed by atoms with Crippen LogP contribution in [0.5, 0.6) is 5.75 Å². The van der Waals surface area contributed by atoms with Crippen molar-refractivity contribution in [1.29, 1.82) is 0 Å². The number of ether oxygens (including phenoxy) is 1. The van der Waals surface area contributed by atoms with Gasteiger partial charge in [0.05, 0.1) is 16.4 Å². The zero-order valence-electron chi connectivity index (χ0n) is 10.6. The first kappa shape index (κ1) is 14.3. The van der Waals surface area contributed by atoms with Crippen molar-refractivity contribution in [2.45, 2.75) is 18.9 Å². The van der Waals surface area contributed by atoms with Gasteiger partial charge in [-0.1, -0.05) is 27.5 Å². The molecule has 3 nitrogen and oxygen atoms in total. The molecule has 0 amide bonds. The van der Waals surface area contributed by atoms with Gasteiger partial charge in [-0.2, -0.15) is 5.10 Å². The third kappa shape index (κ3) is 3.28. The maximum Gasteiger partial charge on any atom is 0.131 e. The zero-order valence-corrected chi connectivity index (χ0v) is 12.9. The van der Waals surface area contributed by atoms with Crippen molar-refractivity contribution in [2.24, 2.45) is 7.05 Å². The fraction of sp³-hybridized carbons (Fsp3) is 0.308. The van der Waals surface area contributed by atoms with Crippen LogP contribution in [0, 0.1) is 12.7 Å². The van der Waals surface area contributed by atoms with Gasteiger partial charge in [-0.3, -0.25) is 4.68 Å². The Kier molecular flexibility index (Phi) is 4.47. The molecule has 0 saturated heterocycles. The highest BCUT2D eigenvalue weighted by molar-refractivity contribution is 9.08. The highest BCUT2D eigenvalue weighted by Gasteiger charge is 2.12. The minimum Gasteiger partial charge on any atom is -0.487 e. The van der Waals surface area contributed by atoms with Crippen molar-refractivity contribution in [2.75, 3.05) is 0 Å². The number of alkyl halides is 1. The summed E-state index contributed by atoms with van der Waals surface area (Å²) in [6.45, 7) is 2.08. The number of hydrogen-bond donors (Lipinski definition) is 0. The van der Waals surface area contributed by atoms with Crippen molar-refractivity contribution in [3.8, 4) is 5.75 Å². The summed E-state index contributed by atoms with van der Waals surface area (Å²) in [4.78, 5) is 0. The molecule has 0 aliphatic heterocycles. The van der Waals surface area contributed by atoms with E-state index >= 15 is 0 Å². The molecule has 0 spiro atoms. The van der Waals surface area contributed by atoms with E-state index in [-0.39, 0.29) is 12.4 Å². The molecule has 0 bridgehead atoms. The molecule has 2 rings (SSSR count). The maximum atomic E-state index is 13.4. The first-order valence-electron chi connectivity index (χ1n) is 5.67. The van der Waals surface area contributed by atoms with Crippen LogP contribution < -0.4 is 4.74 Å². The smallest absolute Gasteiger partial charge is 0.131 e. The maximum absolute atomic E-state index is 13.4. The largest absolute Gasteiger partial charge is 0.487 e. The van der Waals surface area contributed by atoms with Crippen LogP contribution in [0.1, 0.15) is 17.0 Å². The van der Waals surface area contributed by atoms with E-state index in [1.54, 1.807) is 17.8 Å². The lowest BCUT2D eigenvalue weighted by atomic mass is 10.2. The molecular weight excluding hydrogens is 335 g/mol. The predicted octanol–water partition coefficient (Wildman–Crippen LogP) is 3.99. The van der Waals surface area contributed by atoms with Gasteiger partial charge in [-0.05, 0) is 24.6 Å². The van der Waals surface area contributed by atoms with E-state index in [1.165, 1.54) is 12.1 Å². The number of benzene rings is 1. The van der Waals surface area contributed by atoms with Crippen LogP contribution in [0.4, 0.5) is 4.39 Å². The SMILES string of the molecule is Cc1nn(C)c(COc2cc(F)cc(CBr)c2)c1Cl. The third-order valence-electron chi connectivity index (χ3n) is 2.72. The highest BCUT2D eigenvalue weighted by atomic mass is 79.9. The standard InChI is InChI=1S/C13H13BrClFN2O/c1-8-13(15)12(18(2)17-8)7-19-11-4-9(6-14)3-10(16)5-11/h3-5H,6-7H2,1-2H3. The molecule has 1 heterocycles. The van der Waals surface area contributed by atoms with E-state index in [0.717, 1.165) is 17.0 Å². The Morgan fingerprint density at radius 2 is 2.16 bits per heavy atom. The minimum atomic E-state index is -0.320.